The molecule has 0 fully saturated rings. The van der Waals surface area contributed by atoms with Crippen molar-refractivity contribution in [2.75, 3.05) is 26.2 Å². The molecule has 0 aliphatic rings. The molecule has 0 bridgehead atoms. The van der Waals surface area contributed by atoms with Crippen molar-refractivity contribution in [3.05, 3.63) is 11.8 Å². The van der Waals surface area contributed by atoms with Crippen molar-refractivity contribution < 1.29 is 20.1 Å². The zero-order chi connectivity index (χ0) is 17.7. The quantitative estimate of drug-likeness (QED) is 0.288. The van der Waals surface area contributed by atoms with Crippen molar-refractivity contribution >= 4 is 5.97 Å². The topological polar surface area (TPSA) is 93.0 Å². The van der Waals surface area contributed by atoms with Gasteiger partial charge in [-0.3, -0.25) is 9.69 Å². The first-order valence-electron chi connectivity index (χ1n) is 8.65. The van der Waals surface area contributed by atoms with Crippen LogP contribution in [0.25, 0.3) is 0 Å². The number of allylic oxidation sites excluding steroid dienone is 1. The number of aliphatic hydroxyl groups excluding tert-OH is 2. The van der Waals surface area contributed by atoms with Gasteiger partial charge in [-0.15, -0.1) is 0 Å². The van der Waals surface area contributed by atoms with Crippen LogP contribution in [0, 0.1) is 0 Å². The number of rotatable bonds is 14. The average Bonchev–Trinajstić information content (AvgIpc) is 2.52. The second kappa shape index (κ2) is 13.3. The number of aliphatic hydroxyl groups is 2. The van der Waals surface area contributed by atoms with Gasteiger partial charge in [0.15, 0.2) is 0 Å². The lowest BCUT2D eigenvalue weighted by Crippen LogP contribution is -2.46. The molecular weight excluding hydrogens is 296 g/mol. The third-order valence-corrected chi connectivity index (χ3v) is 3.79. The number of unbranched alkanes of at least 4 members (excludes halogenated alkanes) is 2. The highest BCUT2D eigenvalue weighted by Gasteiger charge is 2.22. The second-order valence-electron chi connectivity index (χ2n) is 5.97. The van der Waals surface area contributed by atoms with Gasteiger partial charge in [0.05, 0.1) is 12.6 Å². The Labute approximate surface area is 140 Å². The van der Waals surface area contributed by atoms with Crippen LogP contribution in [0.3, 0.4) is 0 Å². The number of carboxylic acids is 1. The minimum Gasteiger partial charge on any atom is -0.511 e. The molecule has 6 heteroatoms. The SMILES string of the molecule is CCC/C=C(\O)CNCCN(CC(O)CCCC)C(C)C(=O)O. The molecule has 0 spiro atoms. The summed E-state index contributed by atoms with van der Waals surface area (Å²) >= 11 is 0. The van der Waals surface area contributed by atoms with Crippen LogP contribution in [0.15, 0.2) is 11.8 Å². The van der Waals surface area contributed by atoms with E-state index < -0.39 is 18.1 Å². The number of nitrogens with one attached hydrogen (secondary N) is 1. The number of aliphatic carboxylic acids is 1. The minimum absolute atomic E-state index is 0.313. The molecule has 6 nitrogen and oxygen atoms in total. The normalized spacial score (nSPS) is 14.9. The summed E-state index contributed by atoms with van der Waals surface area (Å²) in [5, 5.41) is 31.9. The molecule has 136 valence electrons. The largest absolute Gasteiger partial charge is 0.511 e. The number of nitrogens with zero attached hydrogens (tertiary/aromatic N) is 1. The van der Waals surface area contributed by atoms with Gasteiger partial charge in [0.25, 0.3) is 0 Å². The summed E-state index contributed by atoms with van der Waals surface area (Å²) in [5.74, 6) is -0.578. The second-order valence-corrected chi connectivity index (χ2v) is 5.97. The van der Waals surface area contributed by atoms with Gasteiger partial charge in [-0.2, -0.15) is 0 Å². The van der Waals surface area contributed by atoms with Gasteiger partial charge in [-0.25, -0.2) is 0 Å². The summed E-state index contributed by atoms with van der Waals surface area (Å²) in [4.78, 5) is 13.0. The van der Waals surface area contributed by atoms with E-state index in [1.54, 1.807) is 17.9 Å². The molecule has 0 radical (unpaired) electrons. The Morgan fingerprint density at radius 1 is 1.26 bits per heavy atom. The van der Waals surface area contributed by atoms with Gasteiger partial charge in [0.1, 0.15) is 11.8 Å². The van der Waals surface area contributed by atoms with Crippen LogP contribution in [0.4, 0.5) is 0 Å². The highest BCUT2D eigenvalue weighted by molar-refractivity contribution is 5.72. The lowest BCUT2D eigenvalue weighted by atomic mass is 10.1. The highest BCUT2D eigenvalue weighted by atomic mass is 16.4. The highest BCUT2D eigenvalue weighted by Crippen LogP contribution is 2.06. The molecule has 4 N–H and O–H groups in total. The van der Waals surface area contributed by atoms with E-state index in [0.717, 1.165) is 25.7 Å². The Morgan fingerprint density at radius 3 is 2.52 bits per heavy atom. The molecular formula is C17H34N2O4. The molecule has 0 aromatic carbocycles. The van der Waals surface area contributed by atoms with Crippen LogP contribution in [0.1, 0.15) is 52.9 Å². The van der Waals surface area contributed by atoms with E-state index in [4.69, 9.17) is 0 Å². The molecule has 0 amide bonds. The first-order chi connectivity index (χ1) is 10.9. The molecule has 0 aromatic rings. The lowest BCUT2D eigenvalue weighted by Gasteiger charge is -2.28. The first kappa shape index (κ1) is 21.9. The maximum absolute atomic E-state index is 11.2. The van der Waals surface area contributed by atoms with Crippen LogP contribution in [0.5, 0.6) is 0 Å². The van der Waals surface area contributed by atoms with Crippen molar-refractivity contribution in [2.45, 2.75) is 65.0 Å². The Bertz CT molecular complexity index is 347. The van der Waals surface area contributed by atoms with E-state index in [9.17, 15) is 20.1 Å². The van der Waals surface area contributed by atoms with Crippen molar-refractivity contribution in [3.63, 3.8) is 0 Å². The lowest BCUT2D eigenvalue weighted by molar-refractivity contribution is -0.143. The predicted octanol–water partition coefficient (Wildman–Crippen LogP) is 2.14. The van der Waals surface area contributed by atoms with Gasteiger partial charge < -0.3 is 20.6 Å². The third-order valence-electron chi connectivity index (χ3n) is 3.79. The van der Waals surface area contributed by atoms with Crippen molar-refractivity contribution in [1.29, 1.82) is 0 Å². The van der Waals surface area contributed by atoms with E-state index >= 15 is 0 Å². The molecule has 0 rings (SSSR count). The Balaban J connectivity index is 4.29. The fraction of sp³-hybridized carbons (Fsp3) is 0.824. The molecule has 0 saturated carbocycles. The van der Waals surface area contributed by atoms with Crippen molar-refractivity contribution in [2.24, 2.45) is 0 Å². The first-order valence-corrected chi connectivity index (χ1v) is 8.65. The van der Waals surface area contributed by atoms with E-state index in [-0.39, 0.29) is 0 Å². The summed E-state index contributed by atoms with van der Waals surface area (Å²) in [5.41, 5.74) is 0. The summed E-state index contributed by atoms with van der Waals surface area (Å²) in [6, 6.07) is -0.641. The van der Waals surface area contributed by atoms with Crippen molar-refractivity contribution in [1.82, 2.24) is 10.2 Å². The van der Waals surface area contributed by atoms with Gasteiger partial charge in [-0.05, 0) is 25.8 Å². The molecule has 0 aliphatic carbocycles. The molecule has 2 atom stereocenters. The smallest absolute Gasteiger partial charge is 0.320 e. The van der Waals surface area contributed by atoms with E-state index in [1.807, 2.05) is 6.92 Å². The maximum Gasteiger partial charge on any atom is 0.320 e. The zero-order valence-electron chi connectivity index (χ0n) is 14.8. The Morgan fingerprint density at radius 2 is 1.96 bits per heavy atom. The minimum atomic E-state index is -0.890. The molecule has 23 heavy (non-hydrogen) atoms. The number of hydrogen-bond donors (Lipinski definition) is 4. The van der Waals surface area contributed by atoms with E-state index in [2.05, 4.69) is 12.2 Å². The predicted molar refractivity (Wildman–Crippen MR) is 92.7 cm³/mol. The number of carbonyl (C=O) groups is 1. The summed E-state index contributed by atoms with van der Waals surface area (Å²) < 4.78 is 0. The fourth-order valence-corrected chi connectivity index (χ4v) is 2.22. The van der Waals surface area contributed by atoms with E-state index in [0.29, 0.717) is 38.4 Å². The zero-order valence-corrected chi connectivity index (χ0v) is 14.8. The van der Waals surface area contributed by atoms with Crippen LogP contribution in [-0.2, 0) is 4.79 Å². The van der Waals surface area contributed by atoms with Crippen LogP contribution < -0.4 is 5.32 Å². The number of carboxylic acid groups (broad SMARTS) is 1. The molecule has 0 saturated heterocycles. The molecule has 0 heterocycles. The van der Waals surface area contributed by atoms with Crippen LogP contribution >= 0.6 is 0 Å². The maximum atomic E-state index is 11.2. The monoisotopic (exact) mass is 330 g/mol. The summed E-state index contributed by atoms with van der Waals surface area (Å²) in [7, 11) is 0. The summed E-state index contributed by atoms with van der Waals surface area (Å²) in [6.07, 6.45) is 5.76. The Hall–Kier alpha value is -1.11. The number of hydrogen-bond acceptors (Lipinski definition) is 5. The molecule has 0 aliphatic heterocycles. The Kier molecular flexibility index (Phi) is 12.7. The van der Waals surface area contributed by atoms with Crippen molar-refractivity contribution in [3.8, 4) is 0 Å². The van der Waals surface area contributed by atoms with Crippen LogP contribution in [-0.4, -0.2) is 64.5 Å². The van der Waals surface area contributed by atoms with Crippen LogP contribution in [0.2, 0.25) is 0 Å². The fourth-order valence-electron chi connectivity index (χ4n) is 2.22. The average molecular weight is 330 g/mol. The van der Waals surface area contributed by atoms with Gasteiger partial charge in [0.2, 0.25) is 0 Å². The molecule has 2 unspecified atom stereocenters. The van der Waals surface area contributed by atoms with Gasteiger partial charge in [-0.1, -0.05) is 33.1 Å². The van der Waals surface area contributed by atoms with Gasteiger partial charge >= 0.3 is 5.97 Å². The summed E-state index contributed by atoms with van der Waals surface area (Å²) in [6.45, 7) is 7.55. The van der Waals surface area contributed by atoms with E-state index in [1.165, 1.54) is 0 Å². The van der Waals surface area contributed by atoms with Gasteiger partial charge in [0, 0.05) is 19.6 Å². The standard InChI is InChI=1S/C17H34N2O4/c1-4-6-8-15(20)12-18-10-11-19(14(3)17(22)23)13-16(21)9-7-5-2/h8,14,16,18,20-21H,4-7,9-13H2,1-3H3,(H,22,23)/b15-8-. The third kappa shape index (κ3) is 11.1. The molecule has 0 aromatic heterocycles.